The summed E-state index contributed by atoms with van der Waals surface area (Å²) in [7, 11) is 0. The largest absolute Gasteiger partial charge is 4.00 e. The maximum atomic E-state index is 6.88. The molecule has 0 saturated carbocycles. The molecule has 1 aliphatic rings. The van der Waals surface area contributed by atoms with E-state index < -0.39 is 0 Å². The van der Waals surface area contributed by atoms with Crippen molar-refractivity contribution in [3.63, 3.8) is 0 Å². The van der Waals surface area contributed by atoms with Gasteiger partial charge in [0.05, 0.1) is 0 Å². The number of nitrogens with zero attached hydrogens (tertiary/aromatic N) is 4. The SMILES string of the molecule is CC(C)(C)c1ccnc(-n2c3[c-]c(Oc4[c-]c(N5[CH-]N(c6cc(C(C)(C)c7ccccc7)cc(C(C)(C)c7ccccc7)c6)c6cc(C(C)(C)C)c(C(C)(C)C)cc65)ccc4)ccc3c3cc(-c4ccccc4)ccc32)c1.[CH3-].[Pt+4]. The van der Waals surface area contributed by atoms with E-state index >= 15 is 0 Å². The van der Waals surface area contributed by atoms with Gasteiger partial charge in [0.25, 0.3) is 0 Å². The summed E-state index contributed by atoms with van der Waals surface area (Å²) in [5, 5.41) is 2.20. The first-order valence-electron chi connectivity index (χ1n) is 27.2. The average Bonchev–Trinajstić information content (AvgIpc) is 4.20. The van der Waals surface area contributed by atoms with Crippen LogP contribution >= 0.6 is 0 Å². The molecule has 1 aliphatic heterocycles. The molecule has 0 saturated heterocycles. The van der Waals surface area contributed by atoms with Crippen molar-refractivity contribution in [2.45, 2.75) is 117 Å². The Labute approximate surface area is 485 Å². The van der Waals surface area contributed by atoms with E-state index in [4.69, 9.17) is 9.72 Å². The van der Waals surface area contributed by atoms with Crippen molar-refractivity contribution < 1.29 is 25.8 Å². The third kappa shape index (κ3) is 10.7. The Kier molecular flexibility index (Phi) is 15.1. The van der Waals surface area contributed by atoms with Crippen LogP contribution in [0.2, 0.25) is 0 Å². The molecule has 0 aliphatic carbocycles. The van der Waals surface area contributed by atoms with Gasteiger partial charge in [-0.1, -0.05) is 205 Å². The molecule has 11 rings (SSSR count). The zero-order valence-corrected chi connectivity index (χ0v) is 50.8. The second-order valence-electron chi connectivity index (χ2n) is 25.2. The fourth-order valence-electron chi connectivity index (χ4n) is 11.2. The first kappa shape index (κ1) is 56.5. The van der Waals surface area contributed by atoms with Crippen molar-refractivity contribution in [1.82, 2.24) is 9.55 Å². The summed E-state index contributed by atoms with van der Waals surface area (Å²) < 4.78 is 9.11. The minimum atomic E-state index is -0.292. The third-order valence-corrected chi connectivity index (χ3v) is 15.9. The number of ether oxygens (including phenoxy) is 1. The van der Waals surface area contributed by atoms with Gasteiger partial charge >= 0.3 is 21.1 Å². The molecule has 6 heteroatoms. The molecule has 79 heavy (non-hydrogen) atoms. The predicted octanol–water partition coefficient (Wildman–Crippen LogP) is 19.6. The van der Waals surface area contributed by atoms with Crippen LogP contribution in [0, 0.1) is 26.2 Å². The smallest absolute Gasteiger partial charge is 0.509 e. The molecule has 0 N–H and O–H groups in total. The molecule has 10 aromatic rings. The Hall–Kier alpha value is -7.20. The minimum Gasteiger partial charge on any atom is -0.509 e. The molecule has 0 fully saturated rings. The molecule has 402 valence electrons. The standard InChI is InChI=1S/C72H71N4O.CH3.Pt/c1-68(2,3)52-36-37-73-67(42-52)76-63-35-32-49(48-24-17-14-18-25-48)38-60(63)59-34-33-58(44-64(59)76)77-57-31-23-30-55(43-57)74-47-75(66-46-62(70(7,8)9)61(45-65(66)74)69(4,5)6)56-40-53(71(10,11)50-26-19-15-20-27-50)39-54(41-56)72(12,13)51-28-21-16-22-29-51;;/h14-42,45-47H,1-13H3;1H3;/q-3;-1;+4. The van der Waals surface area contributed by atoms with E-state index in [1.54, 1.807) is 0 Å². The van der Waals surface area contributed by atoms with E-state index in [9.17, 15) is 0 Å². The summed E-state index contributed by atoms with van der Waals surface area (Å²) in [5.74, 6) is 2.02. The van der Waals surface area contributed by atoms with Gasteiger partial charge in [-0.05, 0) is 114 Å². The maximum absolute atomic E-state index is 6.88. The maximum Gasteiger partial charge on any atom is 4.00 e. The second kappa shape index (κ2) is 21.1. The van der Waals surface area contributed by atoms with Crippen molar-refractivity contribution in [2.24, 2.45) is 0 Å². The van der Waals surface area contributed by atoms with Crippen LogP contribution in [0.3, 0.4) is 0 Å². The molecule has 0 atom stereocenters. The molecular formula is C73H74N4OPt. The quantitative estimate of drug-likeness (QED) is 0.128. The Morgan fingerprint density at radius 1 is 0.443 bits per heavy atom. The molecule has 0 unspecified atom stereocenters. The van der Waals surface area contributed by atoms with Crippen molar-refractivity contribution in [3.05, 3.63) is 253 Å². The van der Waals surface area contributed by atoms with Crippen LogP contribution in [0.15, 0.2) is 188 Å². The number of benzene rings is 8. The Morgan fingerprint density at radius 3 is 1.57 bits per heavy atom. The first-order chi connectivity index (χ1) is 36.6. The molecule has 3 heterocycles. The summed E-state index contributed by atoms with van der Waals surface area (Å²) in [6.07, 6.45) is 1.92. The van der Waals surface area contributed by atoms with Gasteiger partial charge in [-0.2, -0.15) is 12.1 Å². The molecule has 8 aromatic carbocycles. The van der Waals surface area contributed by atoms with Gasteiger partial charge in [-0.3, -0.25) is 0 Å². The van der Waals surface area contributed by atoms with Gasteiger partial charge in [0, 0.05) is 51.1 Å². The molecule has 0 spiro atoms. The second-order valence-corrected chi connectivity index (χ2v) is 25.2. The Bertz CT molecular complexity index is 3750. The van der Waals surface area contributed by atoms with Crippen molar-refractivity contribution in [2.75, 3.05) is 9.80 Å². The van der Waals surface area contributed by atoms with Crippen LogP contribution in [-0.2, 0) is 48.1 Å². The molecule has 0 bridgehead atoms. The molecular weight excluding hydrogens is 1140 g/mol. The number of hydrogen-bond donors (Lipinski definition) is 0. The van der Waals surface area contributed by atoms with Crippen molar-refractivity contribution in [3.8, 4) is 28.4 Å². The molecule has 5 nitrogen and oxygen atoms in total. The molecule has 2 aromatic heterocycles. The number of pyridine rings is 1. The van der Waals surface area contributed by atoms with Gasteiger partial charge < -0.3 is 26.5 Å². The Balaban J connectivity index is 0.00000378. The Morgan fingerprint density at radius 2 is 1.00 bits per heavy atom. The predicted molar refractivity (Wildman–Crippen MR) is 329 cm³/mol. The van der Waals surface area contributed by atoms with Crippen LogP contribution in [0.1, 0.15) is 129 Å². The van der Waals surface area contributed by atoms with Crippen molar-refractivity contribution in [1.29, 1.82) is 0 Å². The number of rotatable bonds is 10. The van der Waals surface area contributed by atoms with E-state index in [0.29, 0.717) is 11.5 Å². The van der Waals surface area contributed by atoms with E-state index in [1.165, 1.54) is 44.5 Å². The van der Waals surface area contributed by atoms with Crippen molar-refractivity contribution >= 4 is 44.6 Å². The number of aromatic nitrogens is 2. The minimum absolute atomic E-state index is 0. The normalized spacial score (nSPS) is 13.1. The van der Waals surface area contributed by atoms with Gasteiger partial charge in [0.15, 0.2) is 0 Å². The van der Waals surface area contributed by atoms with Gasteiger partial charge in [-0.15, -0.1) is 48.1 Å². The summed E-state index contributed by atoms with van der Waals surface area (Å²) in [4.78, 5) is 9.67. The van der Waals surface area contributed by atoms with E-state index in [2.05, 4.69) is 293 Å². The van der Waals surface area contributed by atoms with Gasteiger partial charge in [0.2, 0.25) is 0 Å². The number of anilines is 4. The van der Waals surface area contributed by atoms with Crippen LogP contribution in [0.5, 0.6) is 11.5 Å². The summed E-state index contributed by atoms with van der Waals surface area (Å²) in [5.41, 5.74) is 16.5. The first-order valence-corrected chi connectivity index (χ1v) is 27.2. The van der Waals surface area contributed by atoms with Gasteiger partial charge in [-0.25, -0.2) is 4.98 Å². The number of hydrogen-bond acceptors (Lipinski definition) is 4. The zero-order valence-electron chi connectivity index (χ0n) is 48.5. The van der Waals surface area contributed by atoms with Gasteiger partial charge in [0.1, 0.15) is 5.82 Å². The average molecular weight is 1220 g/mol. The monoisotopic (exact) mass is 1220 g/mol. The van der Waals surface area contributed by atoms with E-state index in [0.717, 1.165) is 55.9 Å². The van der Waals surface area contributed by atoms with E-state index in [-0.39, 0.29) is 55.6 Å². The van der Waals surface area contributed by atoms with E-state index in [1.807, 2.05) is 18.3 Å². The summed E-state index contributed by atoms with van der Waals surface area (Å²) in [6.45, 7) is 32.3. The summed E-state index contributed by atoms with van der Waals surface area (Å²) >= 11 is 0. The number of fused-ring (bicyclic) bond motifs is 4. The summed E-state index contributed by atoms with van der Waals surface area (Å²) in [6, 6.07) is 73.4. The molecule has 0 amide bonds. The van der Waals surface area contributed by atoms with Crippen LogP contribution in [-0.4, -0.2) is 9.55 Å². The fourth-order valence-corrected chi connectivity index (χ4v) is 11.2. The zero-order chi connectivity index (χ0) is 54.2. The van der Waals surface area contributed by atoms with Crippen LogP contribution < -0.4 is 14.5 Å². The topological polar surface area (TPSA) is 33.5 Å². The molecule has 0 radical (unpaired) electrons. The van der Waals surface area contributed by atoms with Crippen LogP contribution in [0.4, 0.5) is 22.7 Å². The fraction of sp³-hybridized carbons (Fsp3) is 0.247. The van der Waals surface area contributed by atoms with Crippen LogP contribution in [0.25, 0.3) is 38.8 Å². The third-order valence-electron chi connectivity index (χ3n) is 15.9.